The van der Waals surface area contributed by atoms with Gasteiger partial charge in [0.05, 0.1) is 22.1 Å². The van der Waals surface area contributed by atoms with Gasteiger partial charge in [-0.25, -0.2) is 0 Å². The number of rotatable bonds is 5. The average Bonchev–Trinajstić information content (AvgIpc) is 2.05. The predicted molar refractivity (Wildman–Crippen MR) is 357 cm³/mol. The van der Waals surface area contributed by atoms with Crippen LogP contribution in [-0.4, -0.2) is 9.13 Å². The molecular weight excluding hydrogens is 1030 g/mol. The van der Waals surface area contributed by atoms with Gasteiger partial charge >= 0.3 is 0 Å². The van der Waals surface area contributed by atoms with Gasteiger partial charge in [0.15, 0.2) is 0 Å². The summed E-state index contributed by atoms with van der Waals surface area (Å²) in [7, 11) is 0. The molecule has 398 valence electrons. The molecule has 12 aromatic carbocycles. The quantitative estimate of drug-likeness (QED) is 0.163. The molecule has 2 nitrogen and oxygen atoms in total. The molecule has 0 radical (unpaired) electrons. The van der Waals surface area contributed by atoms with E-state index in [0.717, 1.165) is 0 Å². The van der Waals surface area contributed by atoms with Crippen molar-refractivity contribution in [1.82, 2.24) is 9.13 Å². The van der Waals surface area contributed by atoms with E-state index < -0.39 is 0 Å². The van der Waals surface area contributed by atoms with Crippen LogP contribution in [0.2, 0.25) is 0 Å². The Labute approximate surface area is 493 Å². The molecule has 18 rings (SSSR count). The first-order valence-electron chi connectivity index (χ1n) is 29.7. The summed E-state index contributed by atoms with van der Waals surface area (Å²) in [6.45, 7) is 14.4. The molecule has 3 aromatic heterocycles. The van der Waals surface area contributed by atoms with Crippen molar-refractivity contribution >= 4 is 75.1 Å². The Hall–Kier alpha value is -9.54. The van der Waals surface area contributed by atoms with Crippen molar-refractivity contribution in [3.63, 3.8) is 0 Å². The highest BCUT2D eigenvalue weighted by molar-refractivity contribution is 7.26. The summed E-state index contributed by atoms with van der Waals surface area (Å²) in [5, 5.41) is 7.90. The molecule has 15 aromatic rings. The molecule has 3 heteroatoms. The zero-order valence-electron chi connectivity index (χ0n) is 47.9. The average molecular weight is 1090 g/mol. The third-order valence-electron chi connectivity index (χ3n) is 20.1. The van der Waals surface area contributed by atoms with Crippen LogP contribution in [0.3, 0.4) is 0 Å². The maximum atomic E-state index is 2.50. The van der Waals surface area contributed by atoms with Crippen LogP contribution in [0.15, 0.2) is 243 Å². The van der Waals surface area contributed by atoms with Crippen LogP contribution in [0.4, 0.5) is 0 Å². The zero-order chi connectivity index (χ0) is 56.1. The topological polar surface area (TPSA) is 9.86 Å². The molecule has 0 saturated heterocycles. The number of para-hydroxylation sites is 2. The fourth-order valence-electron chi connectivity index (χ4n) is 16.2. The molecule has 3 aliphatic carbocycles. The second-order valence-electron chi connectivity index (χ2n) is 25.5. The van der Waals surface area contributed by atoms with Gasteiger partial charge in [0.1, 0.15) is 0 Å². The molecule has 84 heavy (non-hydrogen) atoms. The molecule has 0 fully saturated rings. The summed E-state index contributed by atoms with van der Waals surface area (Å²) >= 11 is 1.89. The van der Waals surface area contributed by atoms with Crippen molar-refractivity contribution in [2.45, 2.75) is 57.8 Å². The van der Waals surface area contributed by atoms with Gasteiger partial charge in [0.2, 0.25) is 0 Å². The van der Waals surface area contributed by atoms with Crippen LogP contribution in [-0.2, 0) is 16.2 Å². The van der Waals surface area contributed by atoms with Gasteiger partial charge in [0.25, 0.3) is 0 Å². The lowest BCUT2D eigenvalue weighted by molar-refractivity contribution is 0.660. The van der Waals surface area contributed by atoms with Crippen LogP contribution in [0.25, 0.3) is 142 Å². The van der Waals surface area contributed by atoms with E-state index in [-0.39, 0.29) is 16.2 Å². The fourth-order valence-corrected chi connectivity index (χ4v) is 17.4. The maximum Gasteiger partial charge on any atom is 0.0547 e. The normalized spacial score (nSPS) is 14.8. The summed E-state index contributed by atoms with van der Waals surface area (Å²) in [6, 6.07) is 92.3. The smallest absolute Gasteiger partial charge is 0.0547 e. The standard InChI is InChI=1S/C81H58N2S/c1-79(2)63-25-11-7-18-58(63)73-66(79)41-43-70-75(73)59-19-8-12-26-68(59)82(70)51-35-29-47(30-36-51)53-21-15-23-56-61-45-49(33-39-64(61)81(5,6)77(53)56)50-34-40-65-62(46-50)74-67(80(65,3)4)42-44-71-76(74)60-20-9-13-27-69(60)83(71)52-37-31-48(32-38-52)54-22-16-24-57-55-17-10-14-28-72(55)84-78(54)57/h7-46H,1-6H3. The van der Waals surface area contributed by atoms with E-state index in [1.807, 2.05) is 11.3 Å². The van der Waals surface area contributed by atoms with Crippen molar-refractivity contribution in [2.24, 2.45) is 0 Å². The van der Waals surface area contributed by atoms with Gasteiger partial charge in [-0.3, -0.25) is 0 Å². The Morgan fingerprint density at radius 2 is 0.726 bits per heavy atom. The Kier molecular flexibility index (Phi) is 9.61. The molecule has 3 aliphatic rings. The lowest BCUT2D eigenvalue weighted by Crippen LogP contribution is -2.16. The van der Waals surface area contributed by atoms with E-state index in [1.54, 1.807) is 0 Å². The minimum atomic E-state index is -0.204. The fraction of sp³-hybridized carbons (Fsp3) is 0.111. The van der Waals surface area contributed by atoms with Gasteiger partial charge < -0.3 is 9.13 Å². The van der Waals surface area contributed by atoms with Crippen LogP contribution in [0.1, 0.15) is 74.9 Å². The van der Waals surface area contributed by atoms with Gasteiger partial charge in [-0.05, 0) is 167 Å². The third kappa shape index (κ3) is 6.29. The summed E-state index contributed by atoms with van der Waals surface area (Å²) in [5.74, 6) is 0. The SMILES string of the molecule is CC1(C)c2ccccc2-c2c1ccc1c2c2ccccc2n1-c1ccc(-c2cccc3c2C(C)(C)c2ccc(-c4ccc5c(c4)-c4c(ccc6c4c4ccccc4n6-c4ccc(-c6cccc7c6sc6ccccc67)cc4)C5(C)C)cc2-3)cc1. The number of benzene rings is 12. The number of nitrogens with zero attached hydrogens (tertiary/aromatic N) is 2. The second kappa shape index (κ2) is 16.8. The van der Waals surface area contributed by atoms with E-state index in [1.165, 1.54) is 175 Å². The third-order valence-corrected chi connectivity index (χ3v) is 21.4. The largest absolute Gasteiger partial charge is 0.309 e. The Morgan fingerprint density at radius 1 is 0.286 bits per heavy atom. The first kappa shape index (κ1) is 48.0. The Balaban J connectivity index is 0.717. The van der Waals surface area contributed by atoms with E-state index in [0.29, 0.717) is 0 Å². The van der Waals surface area contributed by atoms with Gasteiger partial charge in [-0.1, -0.05) is 217 Å². The van der Waals surface area contributed by atoms with Crippen molar-refractivity contribution in [3.05, 3.63) is 276 Å². The highest BCUT2D eigenvalue weighted by Gasteiger charge is 2.41. The highest BCUT2D eigenvalue weighted by atomic mass is 32.1. The van der Waals surface area contributed by atoms with E-state index >= 15 is 0 Å². The minimum absolute atomic E-state index is 0.0610. The lowest BCUT2D eigenvalue weighted by atomic mass is 9.78. The molecule has 0 spiro atoms. The summed E-state index contributed by atoms with van der Waals surface area (Å²) in [4.78, 5) is 0. The molecule has 3 heterocycles. The van der Waals surface area contributed by atoms with Crippen LogP contribution < -0.4 is 0 Å². The molecule has 0 N–H and O–H groups in total. The predicted octanol–water partition coefficient (Wildman–Crippen LogP) is 22.2. The summed E-state index contributed by atoms with van der Waals surface area (Å²) in [6.07, 6.45) is 0. The number of aromatic nitrogens is 2. The number of fused-ring (bicyclic) bond motifs is 20. The van der Waals surface area contributed by atoms with E-state index in [2.05, 4.69) is 293 Å². The second-order valence-corrected chi connectivity index (χ2v) is 26.6. The van der Waals surface area contributed by atoms with Gasteiger partial charge in [-0.15, -0.1) is 11.3 Å². The molecule has 0 amide bonds. The highest BCUT2D eigenvalue weighted by Crippen LogP contribution is 2.57. The van der Waals surface area contributed by atoms with E-state index in [9.17, 15) is 0 Å². The molecular formula is C81H58N2S. The Morgan fingerprint density at radius 3 is 1.37 bits per heavy atom. The van der Waals surface area contributed by atoms with Crippen LogP contribution in [0.5, 0.6) is 0 Å². The van der Waals surface area contributed by atoms with Crippen molar-refractivity contribution in [3.8, 4) is 78.1 Å². The first-order valence-corrected chi connectivity index (χ1v) is 30.6. The van der Waals surface area contributed by atoms with Crippen molar-refractivity contribution in [1.29, 1.82) is 0 Å². The monoisotopic (exact) mass is 1090 g/mol. The minimum Gasteiger partial charge on any atom is -0.309 e. The lowest BCUT2D eigenvalue weighted by Gasteiger charge is -2.25. The number of hydrogen-bond donors (Lipinski definition) is 0. The number of thiophene rings is 1. The van der Waals surface area contributed by atoms with E-state index in [4.69, 9.17) is 0 Å². The number of hydrogen-bond acceptors (Lipinski definition) is 1. The van der Waals surface area contributed by atoms with Crippen molar-refractivity contribution < 1.29 is 0 Å². The maximum absolute atomic E-state index is 2.50. The first-order chi connectivity index (χ1) is 40.9. The molecule has 0 aliphatic heterocycles. The summed E-state index contributed by atoms with van der Waals surface area (Å²) in [5.41, 5.74) is 30.8. The molecule has 0 unspecified atom stereocenters. The van der Waals surface area contributed by atoms with Crippen molar-refractivity contribution in [2.75, 3.05) is 0 Å². The zero-order valence-corrected chi connectivity index (χ0v) is 48.7. The van der Waals surface area contributed by atoms with Crippen LogP contribution in [0, 0.1) is 0 Å². The Bertz CT molecular complexity index is 5380. The van der Waals surface area contributed by atoms with Crippen LogP contribution >= 0.6 is 11.3 Å². The molecule has 0 bridgehead atoms. The van der Waals surface area contributed by atoms with Gasteiger partial charge in [-0.2, -0.15) is 0 Å². The summed E-state index contributed by atoms with van der Waals surface area (Å²) < 4.78 is 7.64. The molecule has 0 atom stereocenters. The van der Waals surface area contributed by atoms with Gasteiger partial charge in [0, 0.05) is 69.3 Å². The molecule has 0 saturated carbocycles.